The van der Waals surface area contributed by atoms with E-state index in [2.05, 4.69) is 5.32 Å². The first kappa shape index (κ1) is 16.9. The van der Waals surface area contributed by atoms with Gasteiger partial charge in [0.25, 0.3) is 5.91 Å². The number of ether oxygens (including phenoxy) is 2. The second kappa shape index (κ2) is 7.68. The van der Waals surface area contributed by atoms with Crippen LogP contribution in [0.15, 0.2) is 36.4 Å². The smallest absolute Gasteiger partial charge is 0.255 e. The van der Waals surface area contributed by atoms with Crippen LogP contribution in [0.2, 0.25) is 0 Å². The molecule has 0 spiro atoms. The van der Waals surface area contributed by atoms with E-state index < -0.39 is 0 Å². The molecule has 0 bridgehead atoms. The zero-order chi connectivity index (χ0) is 16.8. The van der Waals surface area contributed by atoms with E-state index in [9.17, 15) is 4.79 Å². The Morgan fingerprint density at radius 2 is 1.65 bits per heavy atom. The maximum absolute atomic E-state index is 12.4. The van der Waals surface area contributed by atoms with Crippen LogP contribution in [-0.2, 0) is 0 Å². The maximum Gasteiger partial charge on any atom is 0.255 e. The summed E-state index contributed by atoms with van der Waals surface area (Å²) in [6.07, 6.45) is 0. The Morgan fingerprint density at radius 3 is 2.30 bits per heavy atom. The SMILES string of the molecule is CCOc1ccc(NC(=O)c2ccc(C)cc2C)cc1OCC. The summed E-state index contributed by atoms with van der Waals surface area (Å²) in [6.45, 7) is 8.88. The van der Waals surface area contributed by atoms with Crippen molar-refractivity contribution >= 4 is 11.6 Å². The lowest BCUT2D eigenvalue weighted by atomic mass is 10.1. The Balaban J connectivity index is 2.21. The quantitative estimate of drug-likeness (QED) is 0.862. The van der Waals surface area contributed by atoms with Crippen LogP contribution in [0.25, 0.3) is 0 Å². The minimum Gasteiger partial charge on any atom is -0.490 e. The van der Waals surface area contributed by atoms with Crippen molar-refractivity contribution < 1.29 is 14.3 Å². The standard InChI is InChI=1S/C19H23NO3/c1-5-22-17-10-8-15(12-18(17)23-6-2)20-19(21)16-9-7-13(3)11-14(16)4/h7-12H,5-6H2,1-4H3,(H,20,21). The largest absolute Gasteiger partial charge is 0.490 e. The average Bonchev–Trinajstić information content (AvgIpc) is 2.50. The third kappa shape index (κ3) is 4.25. The van der Waals surface area contributed by atoms with Gasteiger partial charge >= 0.3 is 0 Å². The Bertz CT molecular complexity index is 695. The van der Waals surface area contributed by atoms with Crippen LogP contribution in [-0.4, -0.2) is 19.1 Å². The van der Waals surface area contributed by atoms with Gasteiger partial charge in [-0.2, -0.15) is 0 Å². The molecule has 4 heteroatoms. The molecule has 0 heterocycles. The average molecular weight is 313 g/mol. The third-order valence-corrected chi connectivity index (χ3v) is 3.43. The number of carbonyl (C=O) groups excluding carboxylic acids is 1. The number of benzene rings is 2. The highest BCUT2D eigenvalue weighted by Crippen LogP contribution is 2.31. The molecule has 0 aliphatic carbocycles. The van der Waals surface area contributed by atoms with Crippen LogP contribution in [0, 0.1) is 13.8 Å². The lowest BCUT2D eigenvalue weighted by molar-refractivity contribution is 0.102. The van der Waals surface area contributed by atoms with Gasteiger partial charge in [0, 0.05) is 17.3 Å². The predicted octanol–water partition coefficient (Wildman–Crippen LogP) is 4.35. The van der Waals surface area contributed by atoms with Crippen LogP contribution in [0.1, 0.15) is 35.3 Å². The Kier molecular flexibility index (Phi) is 5.63. The van der Waals surface area contributed by atoms with Gasteiger partial charge in [0.05, 0.1) is 13.2 Å². The van der Waals surface area contributed by atoms with E-state index in [0.29, 0.717) is 36.0 Å². The number of rotatable bonds is 6. The summed E-state index contributed by atoms with van der Waals surface area (Å²) in [6, 6.07) is 11.2. The first-order valence-corrected chi connectivity index (χ1v) is 7.83. The van der Waals surface area contributed by atoms with E-state index in [0.717, 1.165) is 11.1 Å². The monoisotopic (exact) mass is 313 g/mol. The van der Waals surface area contributed by atoms with Crippen LogP contribution in [0.5, 0.6) is 11.5 Å². The lowest BCUT2D eigenvalue weighted by Crippen LogP contribution is -2.13. The second-order valence-electron chi connectivity index (χ2n) is 5.30. The second-order valence-corrected chi connectivity index (χ2v) is 5.30. The summed E-state index contributed by atoms with van der Waals surface area (Å²) in [5, 5.41) is 2.91. The van der Waals surface area contributed by atoms with Crippen molar-refractivity contribution in [2.75, 3.05) is 18.5 Å². The summed E-state index contributed by atoms with van der Waals surface area (Å²) < 4.78 is 11.1. The highest BCUT2D eigenvalue weighted by atomic mass is 16.5. The Morgan fingerprint density at radius 1 is 0.957 bits per heavy atom. The molecule has 0 fully saturated rings. The van der Waals surface area contributed by atoms with Crippen molar-refractivity contribution in [3.8, 4) is 11.5 Å². The minimum absolute atomic E-state index is 0.130. The molecule has 2 aromatic carbocycles. The molecule has 0 aromatic heterocycles. The topological polar surface area (TPSA) is 47.6 Å². The summed E-state index contributed by atoms with van der Waals surface area (Å²) in [4.78, 5) is 12.4. The van der Waals surface area contributed by atoms with E-state index in [4.69, 9.17) is 9.47 Å². The fourth-order valence-corrected chi connectivity index (χ4v) is 2.40. The number of nitrogens with one attached hydrogen (secondary N) is 1. The van der Waals surface area contributed by atoms with Crippen molar-refractivity contribution in [2.24, 2.45) is 0 Å². The fraction of sp³-hybridized carbons (Fsp3) is 0.316. The van der Waals surface area contributed by atoms with Gasteiger partial charge in [0.2, 0.25) is 0 Å². The van der Waals surface area contributed by atoms with Crippen molar-refractivity contribution in [1.29, 1.82) is 0 Å². The summed E-state index contributed by atoms with van der Waals surface area (Å²) >= 11 is 0. The van der Waals surface area contributed by atoms with E-state index >= 15 is 0 Å². The van der Waals surface area contributed by atoms with E-state index in [1.54, 1.807) is 6.07 Å². The van der Waals surface area contributed by atoms with Crippen molar-refractivity contribution in [1.82, 2.24) is 0 Å². The molecular formula is C19H23NO3. The highest BCUT2D eigenvalue weighted by molar-refractivity contribution is 6.05. The van der Waals surface area contributed by atoms with Gasteiger partial charge in [-0.3, -0.25) is 4.79 Å². The Hall–Kier alpha value is -2.49. The number of anilines is 1. The van der Waals surface area contributed by atoms with Gasteiger partial charge in [0.1, 0.15) is 0 Å². The summed E-state index contributed by atoms with van der Waals surface area (Å²) in [5.41, 5.74) is 3.45. The van der Waals surface area contributed by atoms with Gasteiger partial charge in [-0.15, -0.1) is 0 Å². The molecule has 1 N–H and O–H groups in total. The summed E-state index contributed by atoms with van der Waals surface area (Å²) in [5.74, 6) is 1.18. The van der Waals surface area contributed by atoms with Crippen LogP contribution >= 0.6 is 0 Å². The van der Waals surface area contributed by atoms with Crippen molar-refractivity contribution in [3.63, 3.8) is 0 Å². The molecule has 0 atom stereocenters. The van der Waals surface area contributed by atoms with Crippen LogP contribution < -0.4 is 14.8 Å². The van der Waals surface area contributed by atoms with Gasteiger partial charge in [-0.1, -0.05) is 17.7 Å². The lowest BCUT2D eigenvalue weighted by Gasteiger charge is -2.13. The molecule has 0 saturated carbocycles. The van der Waals surface area contributed by atoms with Crippen LogP contribution in [0.3, 0.4) is 0 Å². The summed E-state index contributed by atoms with van der Waals surface area (Å²) in [7, 11) is 0. The van der Waals surface area contributed by atoms with Crippen LogP contribution in [0.4, 0.5) is 5.69 Å². The molecular weight excluding hydrogens is 290 g/mol. The number of hydrogen-bond acceptors (Lipinski definition) is 3. The number of amides is 1. The predicted molar refractivity (Wildman–Crippen MR) is 92.6 cm³/mol. The van der Waals surface area contributed by atoms with E-state index in [-0.39, 0.29) is 5.91 Å². The molecule has 0 saturated heterocycles. The first-order valence-electron chi connectivity index (χ1n) is 7.83. The Labute approximate surface area is 137 Å². The molecule has 2 aromatic rings. The molecule has 23 heavy (non-hydrogen) atoms. The van der Waals surface area contributed by atoms with E-state index in [1.165, 1.54) is 0 Å². The molecule has 122 valence electrons. The molecule has 0 aliphatic rings. The van der Waals surface area contributed by atoms with Crippen molar-refractivity contribution in [3.05, 3.63) is 53.1 Å². The van der Waals surface area contributed by atoms with Gasteiger partial charge < -0.3 is 14.8 Å². The maximum atomic E-state index is 12.4. The molecule has 0 unspecified atom stereocenters. The first-order chi connectivity index (χ1) is 11.0. The molecule has 4 nitrogen and oxygen atoms in total. The van der Waals surface area contributed by atoms with Gasteiger partial charge in [-0.25, -0.2) is 0 Å². The zero-order valence-corrected chi connectivity index (χ0v) is 14.1. The zero-order valence-electron chi connectivity index (χ0n) is 14.1. The fourth-order valence-electron chi connectivity index (χ4n) is 2.40. The van der Waals surface area contributed by atoms with Gasteiger partial charge in [-0.05, 0) is 51.5 Å². The van der Waals surface area contributed by atoms with Crippen molar-refractivity contribution in [2.45, 2.75) is 27.7 Å². The number of aryl methyl sites for hydroxylation is 2. The highest BCUT2D eigenvalue weighted by Gasteiger charge is 2.11. The molecule has 2 rings (SSSR count). The minimum atomic E-state index is -0.130. The van der Waals surface area contributed by atoms with E-state index in [1.807, 2.05) is 58.0 Å². The normalized spacial score (nSPS) is 10.3. The molecule has 1 amide bonds. The number of carbonyl (C=O) groups is 1. The van der Waals surface area contributed by atoms with Gasteiger partial charge in [0.15, 0.2) is 11.5 Å². The number of hydrogen-bond donors (Lipinski definition) is 1. The molecule has 0 radical (unpaired) electrons. The molecule has 0 aliphatic heterocycles. The third-order valence-electron chi connectivity index (χ3n) is 3.43.